The predicted molar refractivity (Wildman–Crippen MR) is 124 cm³/mol. The van der Waals surface area contributed by atoms with Gasteiger partial charge in [-0.05, 0) is 69.1 Å². The lowest BCUT2D eigenvalue weighted by Crippen LogP contribution is -2.46. The third kappa shape index (κ3) is 5.25. The molecule has 0 bridgehead atoms. The highest BCUT2D eigenvalue weighted by atomic mass is 19.1. The lowest BCUT2D eigenvalue weighted by Gasteiger charge is -2.40. The van der Waals surface area contributed by atoms with Crippen LogP contribution in [0.25, 0.3) is 5.69 Å². The first kappa shape index (κ1) is 23.0. The third-order valence-electron chi connectivity index (χ3n) is 6.34. The molecule has 0 N–H and O–H groups in total. The highest BCUT2D eigenvalue weighted by Crippen LogP contribution is 2.37. The molecule has 1 aromatic heterocycles. The van der Waals surface area contributed by atoms with Crippen LogP contribution >= 0.6 is 0 Å². The number of methoxy groups -OCH3 is 1. The fourth-order valence-electron chi connectivity index (χ4n) is 4.52. The summed E-state index contributed by atoms with van der Waals surface area (Å²) in [6, 6.07) is 14.5. The number of hydrogen-bond donors (Lipinski definition) is 0. The first-order chi connectivity index (χ1) is 16.0. The summed E-state index contributed by atoms with van der Waals surface area (Å²) in [4.78, 5) is 15.3. The SMILES string of the molecule is CCOC(=O)C1(Cc2cccc(OC)c2)CCN(Cc2cnn(-c3ccccc3F)c2)CC1. The molecular formula is C26H30FN3O3. The van der Waals surface area contributed by atoms with Gasteiger partial charge < -0.3 is 9.47 Å². The Kier molecular flexibility index (Phi) is 7.08. The van der Waals surface area contributed by atoms with Crippen LogP contribution in [0.2, 0.25) is 0 Å². The van der Waals surface area contributed by atoms with Crippen LogP contribution in [0.3, 0.4) is 0 Å². The van der Waals surface area contributed by atoms with Crippen molar-refractivity contribution >= 4 is 5.97 Å². The molecule has 1 aliphatic heterocycles. The van der Waals surface area contributed by atoms with Crippen molar-refractivity contribution in [1.29, 1.82) is 0 Å². The number of para-hydroxylation sites is 1. The van der Waals surface area contributed by atoms with E-state index in [-0.39, 0.29) is 11.8 Å². The molecule has 0 aliphatic carbocycles. The van der Waals surface area contributed by atoms with E-state index >= 15 is 0 Å². The number of aromatic nitrogens is 2. The summed E-state index contributed by atoms with van der Waals surface area (Å²) < 4.78 is 26.5. The van der Waals surface area contributed by atoms with Gasteiger partial charge in [0.25, 0.3) is 0 Å². The molecule has 4 rings (SSSR count). The van der Waals surface area contributed by atoms with E-state index in [2.05, 4.69) is 10.00 Å². The Morgan fingerprint density at radius 2 is 1.91 bits per heavy atom. The van der Waals surface area contributed by atoms with Gasteiger partial charge in [-0.1, -0.05) is 24.3 Å². The van der Waals surface area contributed by atoms with E-state index in [1.54, 1.807) is 36.2 Å². The van der Waals surface area contributed by atoms with Gasteiger partial charge in [-0.3, -0.25) is 9.69 Å². The highest BCUT2D eigenvalue weighted by Gasteiger charge is 2.42. The van der Waals surface area contributed by atoms with E-state index < -0.39 is 5.41 Å². The van der Waals surface area contributed by atoms with Gasteiger partial charge in [0.2, 0.25) is 0 Å². The van der Waals surface area contributed by atoms with Crippen molar-refractivity contribution in [2.24, 2.45) is 5.41 Å². The molecule has 0 atom stereocenters. The van der Waals surface area contributed by atoms with Crippen molar-refractivity contribution in [3.05, 3.63) is 77.9 Å². The van der Waals surface area contributed by atoms with Gasteiger partial charge in [0, 0.05) is 18.3 Å². The van der Waals surface area contributed by atoms with Gasteiger partial charge in [0.05, 0.1) is 25.3 Å². The van der Waals surface area contributed by atoms with E-state index in [0.29, 0.717) is 38.1 Å². The van der Waals surface area contributed by atoms with Crippen molar-refractivity contribution in [2.75, 3.05) is 26.8 Å². The average molecular weight is 452 g/mol. The quantitative estimate of drug-likeness (QED) is 0.475. The van der Waals surface area contributed by atoms with Gasteiger partial charge in [0.15, 0.2) is 0 Å². The number of benzene rings is 2. The average Bonchev–Trinajstić information content (AvgIpc) is 3.29. The predicted octanol–water partition coefficient (Wildman–Crippen LogP) is 4.41. The number of carbonyl (C=O) groups excluding carboxylic acids is 1. The minimum absolute atomic E-state index is 0.125. The number of likely N-dealkylation sites (tertiary alicyclic amines) is 1. The van der Waals surface area contributed by atoms with Crippen molar-refractivity contribution < 1.29 is 18.7 Å². The van der Waals surface area contributed by atoms with Crippen molar-refractivity contribution in [2.45, 2.75) is 32.7 Å². The fraction of sp³-hybridized carbons (Fsp3) is 0.385. The molecule has 0 saturated carbocycles. The van der Waals surface area contributed by atoms with Crippen molar-refractivity contribution in [1.82, 2.24) is 14.7 Å². The minimum Gasteiger partial charge on any atom is -0.497 e. The maximum Gasteiger partial charge on any atom is 0.312 e. The molecule has 2 heterocycles. The molecule has 7 heteroatoms. The Labute approximate surface area is 193 Å². The normalized spacial score (nSPS) is 15.8. The Bertz CT molecular complexity index is 1090. The van der Waals surface area contributed by atoms with E-state index in [4.69, 9.17) is 9.47 Å². The molecule has 0 unspecified atom stereocenters. The zero-order valence-electron chi connectivity index (χ0n) is 19.2. The number of nitrogens with zero attached hydrogens (tertiary/aromatic N) is 3. The molecule has 1 aliphatic rings. The largest absolute Gasteiger partial charge is 0.497 e. The maximum atomic E-state index is 14.1. The highest BCUT2D eigenvalue weighted by molar-refractivity contribution is 5.77. The minimum atomic E-state index is -0.545. The molecule has 2 aromatic carbocycles. The van der Waals surface area contributed by atoms with Crippen LogP contribution in [0, 0.1) is 11.2 Å². The molecule has 1 saturated heterocycles. The van der Waals surface area contributed by atoms with Crippen molar-refractivity contribution in [3.63, 3.8) is 0 Å². The molecule has 33 heavy (non-hydrogen) atoms. The first-order valence-electron chi connectivity index (χ1n) is 11.3. The van der Waals surface area contributed by atoms with E-state index in [0.717, 1.165) is 30.0 Å². The van der Waals surface area contributed by atoms with Gasteiger partial charge in [-0.15, -0.1) is 0 Å². The number of piperidine rings is 1. The number of esters is 1. The summed E-state index contributed by atoms with van der Waals surface area (Å²) in [6.45, 7) is 4.46. The van der Waals surface area contributed by atoms with Crippen molar-refractivity contribution in [3.8, 4) is 11.4 Å². The lowest BCUT2D eigenvalue weighted by molar-refractivity contribution is -0.158. The number of ether oxygens (including phenoxy) is 2. The number of rotatable bonds is 8. The summed E-state index contributed by atoms with van der Waals surface area (Å²) in [6.07, 6.45) is 5.69. The van der Waals surface area contributed by atoms with Gasteiger partial charge in [0.1, 0.15) is 17.3 Å². The van der Waals surface area contributed by atoms with Crippen LogP contribution in [0.4, 0.5) is 4.39 Å². The summed E-state index contributed by atoms with van der Waals surface area (Å²) in [7, 11) is 1.65. The second-order valence-corrected chi connectivity index (χ2v) is 8.55. The van der Waals surface area contributed by atoms with Gasteiger partial charge in [-0.25, -0.2) is 9.07 Å². The van der Waals surface area contributed by atoms with Crippen LogP contribution in [-0.4, -0.2) is 47.5 Å². The molecule has 3 aromatic rings. The lowest BCUT2D eigenvalue weighted by atomic mass is 9.73. The van der Waals surface area contributed by atoms with Crippen LogP contribution in [-0.2, 0) is 22.5 Å². The van der Waals surface area contributed by atoms with Crippen LogP contribution in [0.15, 0.2) is 60.9 Å². The molecule has 1 fully saturated rings. The summed E-state index contributed by atoms with van der Waals surface area (Å²) in [5, 5.41) is 4.33. The van der Waals surface area contributed by atoms with E-state index in [1.165, 1.54) is 6.07 Å². The Hall–Kier alpha value is -3.19. The summed E-state index contributed by atoms with van der Waals surface area (Å²) in [5.74, 6) is 0.359. The Morgan fingerprint density at radius 3 is 2.64 bits per heavy atom. The summed E-state index contributed by atoms with van der Waals surface area (Å²) >= 11 is 0. The number of carbonyl (C=O) groups is 1. The fourth-order valence-corrected chi connectivity index (χ4v) is 4.52. The van der Waals surface area contributed by atoms with Crippen LogP contribution < -0.4 is 4.74 Å². The first-order valence-corrected chi connectivity index (χ1v) is 11.3. The van der Waals surface area contributed by atoms with E-state index in [9.17, 15) is 9.18 Å². The molecule has 174 valence electrons. The number of halogens is 1. The Morgan fingerprint density at radius 1 is 1.12 bits per heavy atom. The molecular weight excluding hydrogens is 421 g/mol. The van der Waals surface area contributed by atoms with E-state index in [1.807, 2.05) is 37.4 Å². The standard InChI is InChI=1S/C26H30FN3O3/c1-3-33-25(31)26(16-20-7-6-8-22(15-20)32-2)11-13-29(14-12-26)18-21-17-28-30(19-21)24-10-5-4-9-23(24)27/h4-10,15,17,19H,3,11-14,16,18H2,1-2H3. The van der Waals surface area contributed by atoms with Gasteiger partial charge in [-0.2, -0.15) is 5.10 Å². The monoisotopic (exact) mass is 451 g/mol. The molecule has 6 nitrogen and oxygen atoms in total. The molecule has 0 radical (unpaired) electrons. The molecule has 0 spiro atoms. The van der Waals surface area contributed by atoms with Gasteiger partial charge >= 0.3 is 5.97 Å². The Balaban J connectivity index is 1.44. The molecule has 0 amide bonds. The number of hydrogen-bond acceptors (Lipinski definition) is 5. The summed E-state index contributed by atoms with van der Waals surface area (Å²) in [5.41, 5.74) is 1.97. The zero-order valence-corrected chi connectivity index (χ0v) is 19.2. The maximum absolute atomic E-state index is 14.1. The van der Waals surface area contributed by atoms with Crippen LogP contribution in [0.1, 0.15) is 30.9 Å². The zero-order chi connectivity index (χ0) is 23.3. The third-order valence-corrected chi connectivity index (χ3v) is 6.34. The smallest absolute Gasteiger partial charge is 0.312 e. The van der Waals surface area contributed by atoms with Crippen LogP contribution in [0.5, 0.6) is 5.75 Å². The second kappa shape index (κ2) is 10.2. The second-order valence-electron chi connectivity index (χ2n) is 8.55. The topological polar surface area (TPSA) is 56.6 Å².